The summed E-state index contributed by atoms with van der Waals surface area (Å²) in [7, 11) is -2.64. The normalized spacial score (nSPS) is 11.7. The van der Waals surface area contributed by atoms with E-state index in [2.05, 4.69) is 16.0 Å². The first-order chi connectivity index (χ1) is 3.12. The van der Waals surface area contributed by atoms with Crippen molar-refractivity contribution in [2.24, 2.45) is 0 Å². The Kier molecular flexibility index (Phi) is 2.52. The molecule has 0 aliphatic rings. The molecule has 0 saturated carbocycles. The molecule has 0 bridgehead atoms. The Bertz CT molecular complexity index is 118. The van der Waals surface area contributed by atoms with Crippen LogP contribution in [0.1, 0.15) is 0 Å². The summed E-state index contributed by atoms with van der Waals surface area (Å²) < 4.78 is 25.0. The van der Waals surface area contributed by atoms with Crippen LogP contribution in [0.5, 0.6) is 0 Å². The van der Waals surface area contributed by atoms with Gasteiger partial charge in [0.2, 0.25) is 0 Å². The fourth-order valence-corrected chi connectivity index (χ4v) is 0.283. The van der Waals surface area contributed by atoms with E-state index in [0.717, 1.165) is 7.11 Å². The fourth-order valence-electron chi connectivity index (χ4n) is 0.0315. The van der Waals surface area contributed by atoms with Crippen molar-refractivity contribution in [3.8, 4) is 0 Å². The van der Waals surface area contributed by atoms with Crippen molar-refractivity contribution in [3.63, 3.8) is 0 Å². The van der Waals surface area contributed by atoms with Gasteiger partial charge < -0.3 is 0 Å². The molecule has 0 aromatic heterocycles. The highest BCUT2D eigenvalue weighted by Crippen LogP contribution is 1.81. The molecule has 0 atom stereocenters. The minimum Gasteiger partial charge on any atom is -0.261 e. The van der Waals surface area contributed by atoms with Crippen LogP contribution in [0.3, 0.4) is 0 Å². The molecule has 44 valence electrons. The predicted molar refractivity (Wildman–Crippen MR) is 24.9 cm³/mol. The van der Waals surface area contributed by atoms with Crippen molar-refractivity contribution in [2.75, 3.05) is 7.11 Å². The van der Waals surface area contributed by atoms with Gasteiger partial charge in [0.25, 0.3) is 0 Å². The summed E-state index contributed by atoms with van der Waals surface area (Å²) in [6, 6.07) is 0. The molecule has 0 aromatic rings. The van der Waals surface area contributed by atoms with Crippen molar-refractivity contribution in [3.05, 3.63) is 0 Å². The second-order valence-corrected chi connectivity index (χ2v) is 2.56. The van der Waals surface area contributed by atoms with Gasteiger partial charge >= 0.3 is 10.3 Å². The van der Waals surface area contributed by atoms with Crippen LogP contribution in [0, 0.1) is 0 Å². The van der Waals surface area contributed by atoms with Gasteiger partial charge in [-0.2, -0.15) is 8.42 Å². The molecule has 0 saturated heterocycles. The highest BCUT2D eigenvalue weighted by Gasteiger charge is 2.00. The Morgan fingerprint density at radius 1 is 1.71 bits per heavy atom. The topological polar surface area (TPSA) is 55.4 Å². The Morgan fingerprint density at radius 3 is 2.14 bits per heavy atom. The predicted octanol–water partition coefficient (Wildman–Crippen LogP) is -0.379. The Hall–Kier alpha value is 0.160. The standard InChI is InChI=1S/CH4ClNO3S/c1-6-7(4,5)3-2/h3H,1H3. The highest BCUT2D eigenvalue weighted by molar-refractivity contribution is 7.85. The molecule has 0 spiro atoms. The molecule has 0 aromatic carbocycles. The van der Waals surface area contributed by atoms with Gasteiger partial charge in [-0.1, -0.05) is 0 Å². The zero-order chi connectivity index (χ0) is 5.91. The molecule has 7 heavy (non-hydrogen) atoms. The van der Waals surface area contributed by atoms with E-state index in [1.165, 1.54) is 4.24 Å². The van der Waals surface area contributed by atoms with Gasteiger partial charge in [-0.05, 0) is 11.8 Å². The molecule has 1 N–H and O–H groups in total. The monoisotopic (exact) mass is 145 g/mol. The minimum atomic E-state index is -3.64. The second-order valence-electron chi connectivity index (χ2n) is 0.698. The summed E-state index contributed by atoms with van der Waals surface area (Å²) in [5.41, 5.74) is 0. The van der Waals surface area contributed by atoms with Gasteiger partial charge in [0.15, 0.2) is 0 Å². The second kappa shape index (κ2) is 2.46. The SMILES string of the molecule is COS(=O)(=O)NCl. The van der Waals surface area contributed by atoms with Crippen LogP contribution in [-0.4, -0.2) is 15.5 Å². The van der Waals surface area contributed by atoms with Gasteiger partial charge in [-0.3, -0.25) is 4.18 Å². The number of halogens is 1. The maximum absolute atomic E-state index is 9.90. The van der Waals surface area contributed by atoms with Crippen LogP contribution in [0.4, 0.5) is 0 Å². The Morgan fingerprint density at radius 2 is 2.14 bits per heavy atom. The number of hydrogen-bond acceptors (Lipinski definition) is 3. The molecule has 0 fully saturated rings. The zero-order valence-corrected chi connectivity index (χ0v) is 5.08. The third-order valence-electron chi connectivity index (χ3n) is 0.314. The quantitative estimate of drug-likeness (QED) is 0.539. The van der Waals surface area contributed by atoms with Crippen molar-refractivity contribution in [1.82, 2.24) is 4.24 Å². The molecule has 0 unspecified atom stereocenters. The molecule has 4 nitrogen and oxygen atoms in total. The van der Waals surface area contributed by atoms with Crippen LogP contribution in [0.25, 0.3) is 0 Å². The number of hydrogen-bond donors (Lipinski definition) is 1. The van der Waals surface area contributed by atoms with Crippen LogP contribution in [0.2, 0.25) is 0 Å². The molecule has 6 heteroatoms. The van der Waals surface area contributed by atoms with E-state index in [1.54, 1.807) is 0 Å². The molecule has 0 radical (unpaired) electrons. The molecule has 0 amide bonds. The molecule has 0 heterocycles. The van der Waals surface area contributed by atoms with E-state index in [1.807, 2.05) is 0 Å². The van der Waals surface area contributed by atoms with Crippen LogP contribution in [-0.2, 0) is 14.5 Å². The first-order valence-electron chi connectivity index (χ1n) is 1.30. The minimum absolute atomic E-state index is 1.00. The van der Waals surface area contributed by atoms with Crippen molar-refractivity contribution in [1.29, 1.82) is 0 Å². The average molecular weight is 146 g/mol. The summed E-state index contributed by atoms with van der Waals surface area (Å²) in [6.45, 7) is 0. The number of nitrogens with one attached hydrogen (secondary N) is 1. The van der Waals surface area contributed by atoms with Crippen molar-refractivity contribution < 1.29 is 12.6 Å². The summed E-state index contributed by atoms with van der Waals surface area (Å²) >= 11 is 4.63. The molecule has 0 rings (SSSR count). The largest absolute Gasteiger partial charge is 0.349 e. The van der Waals surface area contributed by atoms with E-state index in [0.29, 0.717) is 0 Å². The van der Waals surface area contributed by atoms with Crippen LogP contribution in [0.15, 0.2) is 0 Å². The first-order valence-corrected chi connectivity index (χ1v) is 3.09. The molecule has 0 aliphatic carbocycles. The van der Waals surface area contributed by atoms with Gasteiger partial charge in [-0.15, -0.1) is 4.24 Å². The maximum Gasteiger partial charge on any atom is 0.349 e. The Labute approximate surface area is 46.8 Å². The summed E-state index contributed by atoms with van der Waals surface area (Å²) in [5.74, 6) is 0. The fraction of sp³-hybridized carbons (Fsp3) is 1.00. The first kappa shape index (κ1) is 7.16. The Balaban J connectivity index is 3.89. The number of rotatable bonds is 2. The average Bonchev–Trinajstić information content (AvgIpc) is 1.68. The van der Waals surface area contributed by atoms with E-state index in [9.17, 15) is 8.42 Å². The lowest BCUT2D eigenvalue weighted by Crippen LogP contribution is -2.13. The van der Waals surface area contributed by atoms with E-state index in [4.69, 9.17) is 0 Å². The lowest BCUT2D eigenvalue weighted by atomic mass is 11.8. The maximum atomic E-state index is 9.90. The van der Waals surface area contributed by atoms with Gasteiger partial charge in [0.1, 0.15) is 0 Å². The van der Waals surface area contributed by atoms with Crippen LogP contribution >= 0.6 is 11.8 Å². The summed E-state index contributed by atoms with van der Waals surface area (Å²) in [6.07, 6.45) is 0. The van der Waals surface area contributed by atoms with E-state index < -0.39 is 10.3 Å². The lowest BCUT2D eigenvalue weighted by Gasteiger charge is -1.90. The third kappa shape index (κ3) is 2.81. The third-order valence-corrected chi connectivity index (χ3v) is 1.51. The van der Waals surface area contributed by atoms with Crippen LogP contribution < -0.4 is 4.24 Å². The smallest absolute Gasteiger partial charge is 0.261 e. The van der Waals surface area contributed by atoms with Gasteiger partial charge in [0.05, 0.1) is 7.11 Å². The summed E-state index contributed by atoms with van der Waals surface area (Å²) in [5, 5.41) is 0. The summed E-state index contributed by atoms with van der Waals surface area (Å²) in [4.78, 5) is 0. The van der Waals surface area contributed by atoms with Gasteiger partial charge in [-0.25, -0.2) is 0 Å². The highest BCUT2D eigenvalue weighted by atomic mass is 35.5. The molecular formula is CH4ClNO3S. The van der Waals surface area contributed by atoms with Gasteiger partial charge in [0, 0.05) is 0 Å². The van der Waals surface area contributed by atoms with E-state index >= 15 is 0 Å². The lowest BCUT2D eigenvalue weighted by molar-refractivity contribution is 0.395. The van der Waals surface area contributed by atoms with Crippen molar-refractivity contribution >= 4 is 22.1 Å². The molecule has 0 aliphatic heterocycles. The molecular weight excluding hydrogens is 142 g/mol. The zero-order valence-electron chi connectivity index (χ0n) is 3.51. The van der Waals surface area contributed by atoms with E-state index in [-0.39, 0.29) is 0 Å². The van der Waals surface area contributed by atoms with Crippen molar-refractivity contribution in [2.45, 2.75) is 0 Å².